The fraction of sp³-hybridized carbons (Fsp3) is 0.415. The predicted octanol–water partition coefficient (Wildman–Crippen LogP) is 7.46. The Hall–Kier alpha value is -4.32. The van der Waals surface area contributed by atoms with Gasteiger partial charge in [0.1, 0.15) is 0 Å². The third-order valence-corrected chi connectivity index (χ3v) is 25.2. The van der Waals surface area contributed by atoms with Crippen LogP contribution in [0.4, 0.5) is 0 Å². The normalized spacial score (nSPS) is 14.4. The minimum absolute atomic E-state index is 0.0854. The Morgan fingerprint density at radius 1 is 0.538 bits per heavy atom. The zero-order valence-electron chi connectivity index (χ0n) is 30.6. The molecule has 3 aromatic rings. The van der Waals surface area contributed by atoms with E-state index in [1.165, 1.54) is 61.0 Å². The van der Waals surface area contributed by atoms with Crippen LogP contribution in [0, 0.1) is 0 Å². The number of hydroxylamine groups is 4. The van der Waals surface area contributed by atoms with E-state index in [9.17, 15) is 28.8 Å². The second kappa shape index (κ2) is 20.1. The topological polar surface area (TPSA) is 127 Å². The molecule has 4 amide bonds. The van der Waals surface area contributed by atoms with Crippen LogP contribution in [-0.2, 0) is 35.3 Å². The molecule has 2 aliphatic heterocycles. The van der Waals surface area contributed by atoms with E-state index >= 15 is 0 Å². The summed E-state index contributed by atoms with van der Waals surface area (Å²) in [7, 11) is 0. The summed E-state index contributed by atoms with van der Waals surface area (Å²) >= 11 is -2.52. The smallest absolute Gasteiger partial charge is 0.325 e. The van der Waals surface area contributed by atoms with Gasteiger partial charge in [-0.2, -0.15) is 0 Å². The molecular formula is C41H50N2O8Sn. The van der Waals surface area contributed by atoms with Gasteiger partial charge in [-0.25, -0.2) is 4.79 Å². The van der Waals surface area contributed by atoms with Crippen LogP contribution < -0.4 is 3.58 Å². The van der Waals surface area contributed by atoms with E-state index < -0.39 is 53.9 Å². The number of imide groups is 2. The largest absolute Gasteiger partial charge is 0.363 e. The van der Waals surface area contributed by atoms with E-state index in [-0.39, 0.29) is 25.7 Å². The van der Waals surface area contributed by atoms with Gasteiger partial charge >= 0.3 is 185 Å². The molecule has 2 saturated heterocycles. The molecule has 10 nitrogen and oxygen atoms in total. The molecule has 0 saturated carbocycles. The quantitative estimate of drug-likeness (QED) is 0.108. The Bertz CT molecular complexity index is 1640. The minimum atomic E-state index is -2.52. The Balaban J connectivity index is 0.000000238. The molecule has 2 aliphatic rings. The zero-order chi connectivity index (χ0) is 37.5. The van der Waals surface area contributed by atoms with E-state index in [1.807, 2.05) is 54.6 Å². The Morgan fingerprint density at radius 3 is 1.29 bits per heavy atom. The van der Waals surface area contributed by atoms with Gasteiger partial charge < -0.3 is 4.84 Å². The average molecular weight is 818 g/mol. The van der Waals surface area contributed by atoms with Gasteiger partial charge in [-0.3, -0.25) is 9.59 Å². The number of rotatable bonds is 16. The first kappa shape index (κ1) is 40.4. The van der Waals surface area contributed by atoms with Crippen molar-refractivity contribution in [3.8, 4) is 0 Å². The minimum Gasteiger partial charge on any atom is -0.325 e. The summed E-state index contributed by atoms with van der Waals surface area (Å²) in [5, 5.41) is 1.17. The third kappa shape index (κ3) is 11.1. The first-order valence-corrected chi connectivity index (χ1v) is 26.0. The molecule has 2 fully saturated rings. The van der Waals surface area contributed by atoms with Crippen molar-refractivity contribution >= 4 is 57.5 Å². The fourth-order valence-corrected chi connectivity index (χ4v) is 22.4. The standard InChI is InChI=1S/C18H15NO4.C11H8NO4.3C4H9.Sn/c20-16-10-11-17(21)19(16)23-18(22)15-8-6-14(7-9-15)12-13-4-2-1-3-5-13;13-9-6-7-10(14)12(9)16-11(15)8-4-2-1-3-5-8;3*1-3-4-2;/h1-9H,10-12H2;2-5H,6-7H2;3*1,3-4H2,2H3;. The van der Waals surface area contributed by atoms with E-state index in [1.54, 1.807) is 12.1 Å². The summed E-state index contributed by atoms with van der Waals surface area (Å²) in [6, 6.07) is 24.8. The molecule has 0 bridgehead atoms. The molecule has 0 N–H and O–H groups in total. The van der Waals surface area contributed by atoms with Gasteiger partial charge in [0, 0.05) is 12.8 Å². The number of hydrogen-bond acceptors (Lipinski definition) is 8. The van der Waals surface area contributed by atoms with Crippen molar-refractivity contribution in [3.63, 3.8) is 0 Å². The Kier molecular flexibility index (Phi) is 15.6. The number of nitrogens with zero attached hydrogens (tertiary/aromatic N) is 2. The van der Waals surface area contributed by atoms with Gasteiger partial charge in [-0.05, 0) is 29.7 Å². The maximum absolute atomic E-state index is 12.4. The van der Waals surface area contributed by atoms with Crippen molar-refractivity contribution in [2.45, 2.75) is 105 Å². The Morgan fingerprint density at radius 2 is 0.904 bits per heavy atom. The van der Waals surface area contributed by atoms with Crippen LogP contribution in [0.2, 0.25) is 13.3 Å². The third-order valence-electron chi connectivity index (χ3n) is 9.56. The van der Waals surface area contributed by atoms with E-state index in [0.717, 1.165) is 12.0 Å². The Labute approximate surface area is 310 Å². The maximum Gasteiger partial charge on any atom is 0.363 e. The number of unbranched alkanes of at least 4 members (excludes halogenated alkanes) is 3. The van der Waals surface area contributed by atoms with Crippen molar-refractivity contribution in [2.75, 3.05) is 0 Å². The van der Waals surface area contributed by atoms with Crippen LogP contribution in [0.25, 0.3) is 0 Å². The summed E-state index contributed by atoms with van der Waals surface area (Å²) in [6.07, 6.45) is 8.66. The summed E-state index contributed by atoms with van der Waals surface area (Å²) in [5.41, 5.74) is 2.93. The van der Waals surface area contributed by atoms with E-state index in [0.29, 0.717) is 21.3 Å². The first-order valence-electron chi connectivity index (χ1n) is 18.5. The number of carbonyl (C=O) groups is 6. The molecule has 3 aromatic carbocycles. The van der Waals surface area contributed by atoms with E-state index in [4.69, 9.17) is 9.68 Å². The molecule has 0 atom stereocenters. The van der Waals surface area contributed by atoms with Crippen LogP contribution in [0.5, 0.6) is 0 Å². The first-order chi connectivity index (χ1) is 25.1. The van der Waals surface area contributed by atoms with Crippen LogP contribution >= 0.6 is 0 Å². The van der Waals surface area contributed by atoms with Crippen molar-refractivity contribution < 1.29 is 38.4 Å². The molecule has 11 heteroatoms. The fourth-order valence-electron chi connectivity index (χ4n) is 6.49. The molecule has 2 heterocycles. The average Bonchev–Trinajstić information content (AvgIpc) is 3.66. The van der Waals surface area contributed by atoms with Crippen molar-refractivity contribution in [3.05, 3.63) is 101 Å². The van der Waals surface area contributed by atoms with Gasteiger partial charge in [0.2, 0.25) is 0 Å². The summed E-state index contributed by atoms with van der Waals surface area (Å²) < 4.78 is 5.59. The van der Waals surface area contributed by atoms with Crippen LogP contribution in [0.3, 0.4) is 0 Å². The molecule has 0 radical (unpaired) electrons. The van der Waals surface area contributed by atoms with Crippen LogP contribution in [0.1, 0.15) is 117 Å². The summed E-state index contributed by atoms with van der Waals surface area (Å²) in [6.45, 7) is 6.78. The molecule has 276 valence electrons. The number of carbonyl (C=O) groups excluding carboxylic acids is 6. The molecule has 52 heavy (non-hydrogen) atoms. The van der Waals surface area contributed by atoms with Crippen molar-refractivity contribution in [2.24, 2.45) is 0 Å². The van der Waals surface area contributed by atoms with Crippen molar-refractivity contribution in [1.29, 1.82) is 0 Å². The van der Waals surface area contributed by atoms with Gasteiger partial charge in [0.05, 0.1) is 5.56 Å². The molecule has 5 rings (SSSR count). The van der Waals surface area contributed by atoms with Crippen LogP contribution in [0.15, 0.2) is 78.9 Å². The number of hydrogen-bond donors (Lipinski definition) is 0. The number of amides is 4. The van der Waals surface area contributed by atoms with Gasteiger partial charge in [-0.15, -0.1) is 5.06 Å². The SMILES string of the molecule is CCC[CH2][Sn]([CH2]CCC)([CH2]CCC)[c]1ccc(C(=O)ON2C(=O)CCC2=O)cc1.O=C(ON1C(=O)CCC1=O)c1ccc(Cc2ccccc2)cc1. The monoisotopic (exact) mass is 818 g/mol. The number of benzene rings is 3. The molecular weight excluding hydrogens is 767 g/mol. The molecule has 0 spiro atoms. The van der Waals surface area contributed by atoms with Gasteiger partial charge in [-0.1, -0.05) is 42.5 Å². The molecule has 0 unspecified atom stereocenters. The second-order valence-electron chi connectivity index (χ2n) is 13.4. The van der Waals surface area contributed by atoms with Gasteiger partial charge in [0.15, 0.2) is 0 Å². The zero-order valence-corrected chi connectivity index (χ0v) is 33.4. The van der Waals surface area contributed by atoms with Gasteiger partial charge in [0.25, 0.3) is 11.8 Å². The predicted molar refractivity (Wildman–Crippen MR) is 200 cm³/mol. The maximum atomic E-state index is 12.4. The summed E-state index contributed by atoms with van der Waals surface area (Å²) in [4.78, 5) is 80.6. The molecule has 0 aliphatic carbocycles. The van der Waals surface area contributed by atoms with E-state index in [2.05, 4.69) is 32.9 Å². The van der Waals surface area contributed by atoms with Crippen LogP contribution in [-0.4, -0.2) is 64.1 Å². The summed E-state index contributed by atoms with van der Waals surface area (Å²) in [5.74, 6) is -3.22. The van der Waals surface area contributed by atoms with Crippen molar-refractivity contribution in [1.82, 2.24) is 10.1 Å². The second-order valence-corrected chi connectivity index (χ2v) is 26.7. The molecule has 0 aromatic heterocycles.